The summed E-state index contributed by atoms with van der Waals surface area (Å²) in [5.74, 6) is 0. The first-order valence-corrected chi connectivity index (χ1v) is 7.85. The average Bonchev–Trinajstić information content (AvgIpc) is 2.41. The summed E-state index contributed by atoms with van der Waals surface area (Å²) >= 11 is 0. The highest BCUT2D eigenvalue weighted by Crippen LogP contribution is 2.05. The summed E-state index contributed by atoms with van der Waals surface area (Å²) in [5, 5.41) is 0. The number of aryl methyl sites for hydroxylation is 2. The van der Waals surface area contributed by atoms with E-state index in [2.05, 4.69) is 42.8 Å². The topological polar surface area (TPSA) is 3.88 Å². The standard InChI is InChI=1S/C17H30N.FH/c1-3-5-7-8-9-11-15-18-16-12-10-14-17(18)13-6-4-2;/h10,12,14,16H,3-9,11,13,15H2,1-2H3;1H/q+1;/p-1. The van der Waals surface area contributed by atoms with E-state index in [0.29, 0.717) is 0 Å². The molecule has 0 unspecified atom stereocenters. The van der Waals surface area contributed by atoms with Gasteiger partial charge in [-0.05, 0) is 12.8 Å². The maximum absolute atomic E-state index is 2.45. The van der Waals surface area contributed by atoms with E-state index < -0.39 is 0 Å². The minimum Gasteiger partial charge on any atom is -1.00 e. The van der Waals surface area contributed by atoms with Gasteiger partial charge >= 0.3 is 0 Å². The molecule has 0 amide bonds. The van der Waals surface area contributed by atoms with E-state index in [1.165, 1.54) is 70.0 Å². The molecule has 1 aromatic rings. The first-order valence-electron chi connectivity index (χ1n) is 7.85. The molecule has 2 heteroatoms. The van der Waals surface area contributed by atoms with E-state index in [1.54, 1.807) is 0 Å². The Hall–Kier alpha value is -0.920. The quantitative estimate of drug-likeness (QED) is 0.449. The van der Waals surface area contributed by atoms with Crippen molar-refractivity contribution < 1.29 is 9.27 Å². The van der Waals surface area contributed by atoms with E-state index in [-0.39, 0.29) is 4.70 Å². The number of unbranched alkanes of at least 4 members (excludes halogenated alkanes) is 6. The van der Waals surface area contributed by atoms with Crippen LogP contribution in [-0.2, 0) is 13.0 Å². The molecular formula is C17H30FN. The summed E-state index contributed by atoms with van der Waals surface area (Å²) in [6, 6.07) is 6.61. The third kappa shape index (κ3) is 7.97. The third-order valence-corrected chi connectivity index (χ3v) is 3.57. The monoisotopic (exact) mass is 267 g/mol. The molecule has 0 bridgehead atoms. The van der Waals surface area contributed by atoms with Gasteiger partial charge < -0.3 is 4.70 Å². The zero-order valence-electron chi connectivity index (χ0n) is 12.7. The molecule has 0 aromatic carbocycles. The summed E-state index contributed by atoms with van der Waals surface area (Å²) in [7, 11) is 0. The van der Waals surface area contributed by atoms with Crippen LogP contribution in [0.25, 0.3) is 0 Å². The second-order valence-electron chi connectivity index (χ2n) is 5.26. The molecule has 0 aliphatic carbocycles. The molecule has 0 fully saturated rings. The van der Waals surface area contributed by atoms with Gasteiger partial charge in [-0.3, -0.25) is 0 Å². The Labute approximate surface area is 118 Å². The van der Waals surface area contributed by atoms with Crippen molar-refractivity contribution in [1.29, 1.82) is 0 Å². The molecule has 0 spiro atoms. The van der Waals surface area contributed by atoms with E-state index >= 15 is 0 Å². The maximum atomic E-state index is 2.45. The van der Waals surface area contributed by atoms with E-state index in [9.17, 15) is 0 Å². The number of nitrogens with zero attached hydrogens (tertiary/aromatic N) is 1. The Kier molecular flexibility index (Phi) is 11.5. The van der Waals surface area contributed by atoms with Crippen LogP contribution in [0.4, 0.5) is 0 Å². The second kappa shape index (κ2) is 12.1. The lowest BCUT2D eigenvalue weighted by Crippen LogP contribution is -3.00. The lowest BCUT2D eigenvalue weighted by atomic mass is 10.1. The van der Waals surface area contributed by atoms with Gasteiger partial charge in [0.15, 0.2) is 11.9 Å². The second-order valence-corrected chi connectivity index (χ2v) is 5.26. The van der Waals surface area contributed by atoms with E-state index in [0.717, 1.165) is 0 Å². The van der Waals surface area contributed by atoms with Crippen molar-refractivity contribution in [2.24, 2.45) is 0 Å². The number of halogens is 1. The van der Waals surface area contributed by atoms with Crippen LogP contribution in [0, 0.1) is 0 Å². The molecule has 1 rings (SSSR count). The van der Waals surface area contributed by atoms with Crippen LogP contribution in [0.15, 0.2) is 24.4 Å². The van der Waals surface area contributed by atoms with Gasteiger partial charge in [-0.1, -0.05) is 52.0 Å². The smallest absolute Gasteiger partial charge is 0.181 e. The fraction of sp³-hybridized carbons (Fsp3) is 0.706. The fourth-order valence-corrected chi connectivity index (χ4v) is 2.38. The first kappa shape index (κ1) is 18.1. The minimum absolute atomic E-state index is 0. The Morgan fingerprint density at radius 3 is 2.26 bits per heavy atom. The fourth-order valence-electron chi connectivity index (χ4n) is 2.38. The number of hydrogen-bond donors (Lipinski definition) is 0. The molecule has 1 aromatic heterocycles. The van der Waals surface area contributed by atoms with Gasteiger partial charge in [-0.25, -0.2) is 4.57 Å². The summed E-state index contributed by atoms with van der Waals surface area (Å²) < 4.78 is 2.45. The van der Waals surface area contributed by atoms with Gasteiger partial charge in [0, 0.05) is 25.0 Å². The largest absolute Gasteiger partial charge is 1.00 e. The van der Waals surface area contributed by atoms with Crippen molar-refractivity contribution in [3.63, 3.8) is 0 Å². The van der Waals surface area contributed by atoms with Crippen LogP contribution in [0.2, 0.25) is 0 Å². The molecule has 0 aliphatic rings. The number of rotatable bonds is 10. The van der Waals surface area contributed by atoms with Crippen LogP contribution in [-0.4, -0.2) is 0 Å². The van der Waals surface area contributed by atoms with Crippen LogP contribution in [0.1, 0.15) is 70.9 Å². The van der Waals surface area contributed by atoms with Gasteiger partial charge in [0.1, 0.15) is 6.54 Å². The average molecular weight is 267 g/mol. The molecule has 0 saturated carbocycles. The highest BCUT2D eigenvalue weighted by Gasteiger charge is 2.07. The van der Waals surface area contributed by atoms with Crippen molar-refractivity contribution >= 4 is 0 Å². The zero-order chi connectivity index (χ0) is 13.1. The van der Waals surface area contributed by atoms with E-state index in [1.807, 2.05) is 0 Å². The molecule has 0 N–H and O–H groups in total. The van der Waals surface area contributed by atoms with Crippen LogP contribution < -0.4 is 9.27 Å². The van der Waals surface area contributed by atoms with Gasteiger partial charge in [0.25, 0.3) is 0 Å². The molecule has 19 heavy (non-hydrogen) atoms. The molecule has 0 radical (unpaired) electrons. The lowest BCUT2D eigenvalue weighted by Gasteiger charge is -2.03. The molecule has 0 saturated heterocycles. The molecule has 0 atom stereocenters. The number of aromatic nitrogens is 1. The summed E-state index contributed by atoms with van der Waals surface area (Å²) in [4.78, 5) is 0. The summed E-state index contributed by atoms with van der Waals surface area (Å²) in [5.41, 5.74) is 1.51. The Bertz CT molecular complexity index is 312. The molecular weight excluding hydrogens is 237 g/mol. The maximum Gasteiger partial charge on any atom is 0.181 e. The van der Waals surface area contributed by atoms with Crippen molar-refractivity contribution in [3.05, 3.63) is 30.1 Å². The summed E-state index contributed by atoms with van der Waals surface area (Å²) in [6.07, 6.45) is 14.3. The van der Waals surface area contributed by atoms with Crippen molar-refractivity contribution in [2.45, 2.75) is 78.2 Å². The van der Waals surface area contributed by atoms with Crippen LogP contribution >= 0.6 is 0 Å². The molecule has 1 nitrogen and oxygen atoms in total. The predicted octanol–water partition coefficient (Wildman–Crippen LogP) is 1.68. The van der Waals surface area contributed by atoms with Gasteiger partial charge in [0.05, 0.1) is 0 Å². The summed E-state index contributed by atoms with van der Waals surface area (Å²) in [6.45, 7) is 5.74. The van der Waals surface area contributed by atoms with Gasteiger partial charge in [0.2, 0.25) is 0 Å². The Balaban J connectivity index is 0.00000324. The minimum atomic E-state index is 0. The van der Waals surface area contributed by atoms with E-state index in [4.69, 9.17) is 0 Å². The number of hydrogen-bond acceptors (Lipinski definition) is 0. The molecule has 0 aliphatic heterocycles. The van der Waals surface area contributed by atoms with Gasteiger partial charge in [-0.2, -0.15) is 0 Å². The predicted molar refractivity (Wildman–Crippen MR) is 78.6 cm³/mol. The highest BCUT2D eigenvalue weighted by atomic mass is 19.0. The lowest BCUT2D eigenvalue weighted by molar-refractivity contribution is -0.704. The normalized spacial score (nSPS) is 10.2. The SMILES string of the molecule is CCCCCCCC[n+]1ccccc1CCCC.[F-]. The van der Waals surface area contributed by atoms with Crippen molar-refractivity contribution in [1.82, 2.24) is 0 Å². The first-order chi connectivity index (χ1) is 8.88. The van der Waals surface area contributed by atoms with Crippen molar-refractivity contribution in [3.8, 4) is 0 Å². The van der Waals surface area contributed by atoms with Crippen LogP contribution in [0.5, 0.6) is 0 Å². The van der Waals surface area contributed by atoms with Crippen molar-refractivity contribution in [2.75, 3.05) is 0 Å². The van der Waals surface area contributed by atoms with Crippen LogP contribution in [0.3, 0.4) is 0 Å². The molecule has 1 heterocycles. The third-order valence-electron chi connectivity index (χ3n) is 3.57. The molecule has 110 valence electrons. The highest BCUT2D eigenvalue weighted by molar-refractivity contribution is 4.97. The van der Waals surface area contributed by atoms with Gasteiger partial charge in [-0.15, -0.1) is 0 Å². The number of pyridine rings is 1. The zero-order valence-corrected chi connectivity index (χ0v) is 12.7. The Morgan fingerprint density at radius 1 is 0.842 bits per heavy atom. The Morgan fingerprint density at radius 2 is 1.53 bits per heavy atom.